The molecule has 0 rings (SSSR count). The van der Waals surface area contributed by atoms with E-state index < -0.39 is 11.6 Å². The topological polar surface area (TPSA) is 88.2 Å². The van der Waals surface area contributed by atoms with Crippen LogP contribution in [-0.4, -0.2) is 24.1 Å². The summed E-state index contributed by atoms with van der Waals surface area (Å²) < 4.78 is 5.01. The van der Waals surface area contributed by atoms with Crippen molar-refractivity contribution in [2.45, 2.75) is 46.1 Å². The van der Waals surface area contributed by atoms with E-state index in [2.05, 4.69) is 5.32 Å². The Hall–Kier alpha value is -1.26. The monoisotopic (exact) mass is 229 g/mol. The Morgan fingerprint density at radius 3 is 2.25 bits per heavy atom. The van der Waals surface area contributed by atoms with Gasteiger partial charge in [0.25, 0.3) is 0 Å². The van der Waals surface area contributed by atoms with Crippen LogP contribution in [0.15, 0.2) is 0 Å². The lowest BCUT2D eigenvalue weighted by Crippen LogP contribution is -2.56. The molecule has 4 N–H and O–H groups in total. The van der Waals surface area contributed by atoms with Crippen LogP contribution in [0.1, 0.15) is 40.5 Å². The molecule has 0 bridgehead atoms. The van der Waals surface area contributed by atoms with Crippen molar-refractivity contribution in [1.82, 2.24) is 5.32 Å². The molecule has 0 fully saturated rings. The van der Waals surface area contributed by atoms with Gasteiger partial charge >= 0.3 is 6.09 Å². The summed E-state index contributed by atoms with van der Waals surface area (Å²) in [4.78, 5) is 11.5. The van der Waals surface area contributed by atoms with Crippen LogP contribution in [0.3, 0.4) is 0 Å². The second kappa shape index (κ2) is 6.35. The predicted molar refractivity (Wildman–Crippen MR) is 64.5 cm³/mol. The summed E-state index contributed by atoms with van der Waals surface area (Å²) in [7, 11) is 0. The fraction of sp³-hybridized carbons (Fsp3) is 0.818. The maximum absolute atomic E-state index is 11.5. The molecule has 0 saturated carbocycles. The van der Waals surface area contributed by atoms with Crippen LogP contribution in [0.25, 0.3) is 0 Å². The molecule has 0 aliphatic heterocycles. The Kier molecular flexibility index (Phi) is 5.85. The smallest absolute Gasteiger partial charge is 0.407 e. The minimum Gasteiger partial charge on any atom is -0.449 e. The fourth-order valence-corrected chi connectivity index (χ4v) is 1.35. The summed E-state index contributed by atoms with van der Waals surface area (Å²) in [6, 6.07) is 0. The Balaban J connectivity index is 4.41. The van der Waals surface area contributed by atoms with Crippen LogP contribution >= 0.6 is 0 Å². The van der Waals surface area contributed by atoms with Crippen LogP contribution in [0.5, 0.6) is 0 Å². The zero-order valence-corrected chi connectivity index (χ0v) is 10.6. The third-order valence-corrected chi connectivity index (χ3v) is 2.61. The molecular weight excluding hydrogens is 206 g/mol. The van der Waals surface area contributed by atoms with E-state index in [0.717, 1.165) is 0 Å². The summed E-state index contributed by atoms with van der Waals surface area (Å²) in [5, 5.41) is 10.2. The number of hydrogen-bond acceptors (Lipinski definition) is 3. The average molecular weight is 229 g/mol. The van der Waals surface area contributed by atoms with E-state index in [9.17, 15) is 4.79 Å². The first-order chi connectivity index (χ1) is 7.38. The van der Waals surface area contributed by atoms with Gasteiger partial charge in [0.1, 0.15) is 5.84 Å². The zero-order valence-electron chi connectivity index (χ0n) is 10.6. The van der Waals surface area contributed by atoms with Crippen molar-refractivity contribution in [3.8, 4) is 0 Å². The molecule has 16 heavy (non-hydrogen) atoms. The van der Waals surface area contributed by atoms with E-state index in [4.69, 9.17) is 15.9 Å². The zero-order chi connectivity index (χ0) is 12.8. The van der Waals surface area contributed by atoms with Crippen LogP contribution in [-0.2, 0) is 4.74 Å². The lowest BCUT2D eigenvalue weighted by Gasteiger charge is -2.31. The van der Waals surface area contributed by atoms with Crippen LogP contribution in [0.4, 0.5) is 4.79 Å². The molecule has 5 heteroatoms. The van der Waals surface area contributed by atoms with Gasteiger partial charge in [-0.25, -0.2) is 4.79 Å². The third-order valence-electron chi connectivity index (χ3n) is 2.61. The van der Waals surface area contributed by atoms with Gasteiger partial charge in [0, 0.05) is 0 Å². The lowest BCUT2D eigenvalue weighted by molar-refractivity contribution is 0.125. The van der Waals surface area contributed by atoms with Crippen molar-refractivity contribution < 1.29 is 9.53 Å². The number of nitrogens with one attached hydrogen (secondary N) is 2. The van der Waals surface area contributed by atoms with Gasteiger partial charge in [-0.1, -0.05) is 27.7 Å². The molecule has 0 aromatic heterocycles. The maximum Gasteiger partial charge on any atom is 0.407 e. The second-order valence-corrected chi connectivity index (χ2v) is 4.32. The summed E-state index contributed by atoms with van der Waals surface area (Å²) in [6.45, 7) is 8.06. The molecule has 0 aromatic rings. The highest BCUT2D eigenvalue weighted by Crippen LogP contribution is 2.14. The van der Waals surface area contributed by atoms with Gasteiger partial charge < -0.3 is 15.8 Å². The standard InChI is InChI=1S/C11H23N3O2/c1-5-11(6-2,9(12)13)14-10(15)16-7-8(3)4/h8H,5-7H2,1-4H3,(H3,12,13)(H,14,15). The predicted octanol–water partition coefficient (Wildman–Crippen LogP) is 1.86. The van der Waals surface area contributed by atoms with Crippen molar-refractivity contribution in [3.63, 3.8) is 0 Å². The van der Waals surface area contributed by atoms with E-state index in [-0.39, 0.29) is 5.84 Å². The van der Waals surface area contributed by atoms with Gasteiger partial charge in [-0.3, -0.25) is 5.41 Å². The van der Waals surface area contributed by atoms with E-state index in [1.165, 1.54) is 0 Å². The molecule has 0 aliphatic carbocycles. The summed E-state index contributed by atoms with van der Waals surface area (Å²) in [6.07, 6.45) is 0.651. The van der Waals surface area contributed by atoms with Gasteiger partial charge in [0.15, 0.2) is 0 Å². The van der Waals surface area contributed by atoms with E-state index in [0.29, 0.717) is 25.4 Å². The minimum absolute atomic E-state index is 0.0287. The van der Waals surface area contributed by atoms with E-state index in [1.54, 1.807) is 0 Å². The van der Waals surface area contributed by atoms with Crippen molar-refractivity contribution in [2.24, 2.45) is 11.7 Å². The van der Waals surface area contributed by atoms with Crippen molar-refractivity contribution in [3.05, 3.63) is 0 Å². The molecular formula is C11H23N3O2. The first-order valence-electron chi connectivity index (χ1n) is 5.67. The molecule has 0 spiro atoms. The average Bonchev–Trinajstić information content (AvgIpc) is 2.22. The van der Waals surface area contributed by atoms with Gasteiger partial charge in [-0.05, 0) is 18.8 Å². The first kappa shape index (κ1) is 14.7. The largest absolute Gasteiger partial charge is 0.449 e. The summed E-state index contributed by atoms with van der Waals surface area (Å²) >= 11 is 0. The van der Waals surface area contributed by atoms with Crippen molar-refractivity contribution in [2.75, 3.05) is 6.61 Å². The third kappa shape index (κ3) is 4.08. The number of carbonyl (C=O) groups excluding carboxylic acids is 1. The molecule has 1 amide bonds. The molecule has 0 saturated heterocycles. The molecule has 0 heterocycles. The number of alkyl carbamates (subject to hydrolysis) is 1. The van der Waals surface area contributed by atoms with Crippen LogP contribution < -0.4 is 11.1 Å². The molecule has 5 nitrogen and oxygen atoms in total. The van der Waals surface area contributed by atoms with Gasteiger partial charge in [-0.15, -0.1) is 0 Å². The molecule has 0 unspecified atom stereocenters. The molecule has 0 atom stereocenters. The molecule has 0 radical (unpaired) electrons. The Labute approximate surface area is 97.2 Å². The van der Waals surface area contributed by atoms with Crippen LogP contribution in [0, 0.1) is 11.3 Å². The van der Waals surface area contributed by atoms with Gasteiger partial charge in [0.05, 0.1) is 12.1 Å². The van der Waals surface area contributed by atoms with Gasteiger partial charge in [-0.2, -0.15) is 0 Å². The minimum atomic E-state index is -0.770. The number of rotatable bonds is 6. The lowest BCUT2D eigenvalue weighted by atomic mass is 9.92. The Bertz CT molecular complexity index is 248. The highest BCUT2D eigenvalue weighted by molar-refractivity contribution is 5.90. The second-order valence-electron chi connectivity index (χ2n) is 4.32. The van der Waals surface area contributed by atoms with Crippen molar-refractivity contribution in [1.29, 1.82) is 5.41 Å². The van der Waals surface area contributed by atoms with Crippen LogP contribution in [0.2, 0.25) is 0 Å². The normalized spacial score (nSPS) is 11.3. The molecule has 0 aliphatic rings. The molecule has 0 aromatic carbocycles. The molecule has 94 valence electrons. The number of nitrogens with two attached hydrogens (primary N) is 1. The van der Waals surface area contributed by atoms with Gasteiger partial charge in [0.2, 0.25) is 0 Å². The SMILES string of the molecule is CCC(CC)(NC(=O)OCC(C)C)C(=N)N. The maximum atomic E-state index is 11.5. The highest BCUT2D eigenvalue weighted by atomic mass is 16.5. The number of hydrogen-bond donors (Lipinski definition) is 3. The summed E-state index contributed by atoms with van der Waals surface area (Å²) in [5.74, 6) is 0.264. The van der Waals surface area contributed by atoms with E-state index >= 15 is 0 Å². The fourth-order valence-electron chi connectivity index (χ4n) is 1.35. The Morgan fingerprint density at radius 1 is 1.44 bits per heavy atom. The summed E-state index contributed by atoms with van der Waals surface area (Å²) in [5.41, 5.74) is 4.74. The number of amidine groups is 1. The number of ether oxygens (including phenoxy) is 1. The quantitative estimate of drug-likeness (QED) is 0.480. The number of carbonyl (C=O) groups is 1. The first-order valence-corrected chi connectivity index (χ1v) is 5.67. The highest BCUT2D eigenvalue weighted by Gasteiger charge is 2.32. The van der Waals surface area contributed by atoms with Crippen molar-refractivity contribution >= 4 is 11.9 Å². The Morgan fingerprint density at radius 2 is 1.94 bits per heavy atom. The van der Waals surface area contributed by atoms with E-state index in [1.807, 2.05) is 27.7 Å². The number of amides is 1.